The molecule has 0 saturated heterocycles. The molecule has 7 heteroatoms. The number of rotatable bonds is 3. The standard InChI is InChI=1S/C19H19N3O3S/c1-10-6-7-12-14(9-10)26-18-15(12)17(23)21-16(22-18)11(2)25-19(24)13-5-3-4-8-20-13/h3-5,8,10-11H,6-7,9H2,1-2H3,(H,21,22,23)/t10-,11-/m0/s1. The largest absolute Gasteiger partial charge is 0.450 e. The van der Waals surface area contributed by atoms with E-state index in [2.05, 4.69) is 21.9 Å². The first-order chi connectivity index (χ1) is 12.5. The summed E-state index contributed by atoms with van der Waals surface area (Å²) in [7, 11) is 0. The number of aryl methyl sites for hydroxylation is 1. The first kappa shape index (κ1) is 16.9. The Hall–Kier alpha value is -2.54. The summed E-state index contributed by atoms with van der Waals surface area (Å²) in [5.74, 6) is 0.450. The summed E-state index contributed by atoms with van der Waals surface area (Å²) >= 11 is 1.58. The molecule has 0 fully saturated rings. The van der Waals surface area contributed by atoms with E-state index in [4.69, 9.17) is 4.74 Å². The molecule has 0 amide bonds. The van der Waals surface area contributed by atoms with E-state index in [9.17, 15) is 9.59 Å². The number of fused-ring (bicyclic) bond motifs is 3. The monoisotopic (exact) mass is 369 g/mol. The minimum absolute atomic E-state index is 0.155. The first-order valence-electron chi connectivity index (χ1n) is 8.69. The number of carbonyl (C=O) groups excluding carboxylic acids is 1. The fourth-order valence-electron chi connectivity index (χ4n) is 3.32. The lowest BCUT2D eigenvalue weighted by Crippen LogP contribution is -2.18. The van der Waals surface area contributed by atoms with Gasteiger partial charge in [0.25, 0.3) is 5.56 Å². The van der Waals surface area contributed by atoms with Crippen molar-refractivity contribution in [3.05, 3.63) is 56.7 Å². The number of hydrogen-bond acceptors (Lipinski definition) is 6. The number of carbonyl (C=O) groups is 1. The molecule has 0 aromatic carbocycles. The molecule has 3 heterocycles. The maximum atomic E-state index is 12.6. The number of aromatic amines is 1. The van der Waals surface area contributed by atoms with Gasteiger partial charge >= 0.3 is 5.97 Å². The summed E-state index contributed by atoms with van der Waals surface area (Å²) in [6.07, 6.45) is 3.88. The van der Waals surface area contributed by atoms with Crippen molar-refractivity contribution in [3.63, 3.8) is 0 Å². The second kappa shape index (κ2) is 6.64. The number of aromatic nitrogens is 3. The van der Waals surface area contributed by atoms with Gasteiger partial charge in [-0.3, -0.25) is 4.79 Å². The smallest absolute Gasteiger partial charge is 0.357 e. The fraction of sp³-hybridized carbons (Fsp3) is 0.368. The van der Waals surface area contributed by atoms with Gasteiger partial charge in [0, 0.05) is 11.1 Å². The molecule has 1 aliphatic carbocycles. The van der Waals surface area contributed by atoms with Gasteiger partial charge in [-0.25, -0.2) is 14.8 Å². The van der Waals surface area contributed by atoms with Crippen molar-refractivity contribution in [1.29, 1.82) is 0 Å². The van der Waals surface area contributed by atoms with Crippen molar-refractivity contribution in [2.75, 3.05) is 0 Å². The van der Waals surface area contributed by atoms with Gasteiger partial charge in [0.15, 0.2) is 11.9 Å². The normalized spacial score (nSPS) is 17.7. The van der Waals surface area contributed by atoms with Crippen LogP contribution in [0.15, 0.2) is 29.2 Å². The van der Waals surface area contributed by atoms with Crippen LogP contribution < -0.4 is 5.56 Å². The second-order valence-corrected chi connectivity index (χ2v) is 7.83. The summed E-state index contributed by atoms with van der Waals surface area (Å²) in [5, 5.41) is 0.698. The summed E-state index contributed by atoms with van der Waals surface area (Å²) < 4.78 is 5.42. The molecular weight excluding hydrogens is 350 g/mol. The molecule has 0 spiro atoms. The lowest BCUT2D eigenvalue weighted by Gasteiger charge is -2.17. The van der Waals surface area contributed by atoms with Crippen molar-refractivity contribution >= 4 is 27.5 Å². The van der Waals surface area contributed by atoms with Gasteiger partial charge in [0.2, 0.25) is 0 Å². The SMILES string of the molecule is C[C@H]1CCc2c(sc3nc([C@H](C)OC(=O)c4ccccn4)[nH]c(=O)c23)C1. The van der Waals surface area contributed by atoms with E-state index in [1.165, 1.54) is 11.1 Å². The predicted molar refractivity (Wildman–Crippen MR) is 99.5 cm³/mol. The van der Waals surface area contributed by atoms with Crippen LogP contribution in [0.5, 0.6) is 0 Å². The van der Waals surface area contributed by atoms with Crippen LogP contribution in [0, 0.1) is 5.92 Å². The number of hydrogen-bond donors (Lipinski definition) is 1. The number of nitrogens with zero attached hydrogens (tertiary/aromatic N) is 2. The average Bonchev–Trinajstić information content (AvgIpc) is 3.00. The molecule has 1 N–H and O–H groups in total. The quantitative estimate of drug-likeness (QED) is 0.715. The predicted octanol–water partition coefficient (Wildman–Crippen LogP) is 3.42. The Morgan fingerprint density at radius 3 is 3.04 bits per heavy atom. The molecule has 6 nitrogen and oxygen atoms in total. The number of thiophene rings is 1. The van der Waals surface area contributed by atoms with Gasteiger partial charge in [0.05, 0.1) is 5.39 Å². The van der Waals surface area contributed by atoms with Crippen molar-refractivity contribution in [3.8, 4) is 0 Å². The Balaban J connectivity index is 1.65. The summed E-state index contributed by atoms with van der Waals surface area (Å²) in [4.78, 5) is 38.1. The van der Waals surface area contributed by atoms with Crippen LogP contribution >= 0.6 is 11.3 Å². The molecule has 0 bridgehead atoms. The molecule has 1 aliphatic rings. The first-order valence-corrected chi connectivity index (χ1v) is 9.51. The summed E-state index contributed by atoms with van der Waals surface area (Å²) in [5.41, 5.74) is 1.21. The van der Waals surface area contributed by atoms with E-state index in [0.717, 1.165) is 29.7 Å². The Morgan fingerprint density at radius 2 is 2.27 bits per heavy atom. The minimum atomic E-state index is -0.667. The number of pyridine rings is 1. The molecule has 134 valence electrons. The van der Waals surface area contributed by atoms with E-state index >= 15 is 0 Å². The lowest BCUT2D eigenvalue weighted by molar-refractivity contribution is 0.0313. The topological polar surface area (TPSA) is 84.9 Å². The molecule has 0 unspecified atom stereocenters. The fourth-order valence-corrected chi connectivity index (χ4v) is 4.71. The molecular formula is C19H19N3O3S. The van der Waals surface area contributed by atoms with Crippen LogP contribution in [0.4, 0.5) is 0 Å². The number of nitrogens with one attached hydrogen (secondary N) is 1. The van der Waals surface area contributed by atoms with E-state index in [-0.39, 0.29) is 11.3 Å². The molecule has 26 heavy (non-hydrogen) atoms. The molecule has 0 saturated carbocycles. The maximum absolute atomic E-state index is 12.6. The Kier molecular flexibility index (Phi) is 4.32. The molecule has 3 aromatic rings. The van der Waals surface area contributed by atoms with Crippen LogP contribution in [0.25, 0.3) is 10.2 Å². The minimum Gasteiger partial charge on any atom is -0.450 e. The highest BCUT2D eigenvalue weighted by Gasteiger charge is 2.24. The highest BCUT2D eigenvalue weighted by molar-refractivity contribution is 7.18. The van der Waals surface area contributed by atoms with Crippen LogP contribution in [0.1, 0.15) is 53.1 Å². The zero-order chi connectivity index (χ0) is 18.3. The summed E-state index contributed by atoms with van der Waals surface area (Å²) in [6, 6.07) is 5.03. The molecule has 2 atom stereocenters. The number of ether oxygens (including phenoxy) is 1. The van der Waals surface area contributed by atoms with Crippen LogP contribution in [-0.2, 0) is 17.6 Å². The van der Waals surface area contributed by atoms with E-state index in [1.807, 2.05) is 0 Å². The summed E-state index contributed by atoms with van der Waals surface area (Å²) in [6.45, 7) is 3.93. The van der Waals surface area contributed by atoms with Crippen molar-refractivity contribution in [2.24, 2.45) is 5.92 Å². The van der Waals surface area contributed by atoms with E-state index < -0.39 is 12.1 Å². The highest BCUT2D eigenvalue weighted by atomic mass is 32.1. The lowest BCUT2D eigenvalue weighted by atomic mass is 9.89. The van der Waals surface area contributed by atoms with Crippen molar-refractivity contribution in [2.45, 2.75) is 39.2 Å². The number of esters is 1. The molecule has 4 rings (SSSR count). The third-order valence-electron chi connectivity index (χ3n) is 4.73. The van der Waals surface area contributed by atoms with Crippen LogP contribution in [-0.4, -0.2) is 20.9 Å². The number of H-pyrrole nitrogens is 1. The maximum Gasteiger partial charge on any atom is 0.357 e. The van der Waals surface area contributed by atoms with Gasteiger partial charge in [-0.05, 0) is 49.8 Å². The molecule has 0 radical (unpaired) electrons. The van der Waals surface area contributed by atoms with Gasteiger partial charge in [0.1, 0.15) is 10.5 Å². The van der Waals surface area contributed by atoms with Crippen molar-refractivity contribution in [1.82, 2.24) is 15.0 Å². The van der Waals surface area contributed by atoms with Crippen LogP contribution in [0.3, 0.4) is 0 Å². The second-order valence-electron chi connectivity index (χ2n) is 6.75. The average molecular weight is 369 g/mol. The van der Waals surface area contributed by atoms with Crippen LogP contribution in [0.2, 0.25) is 0 Å². The van der Waals surface area contributed by atoms with Gasteiger partial charge in [-0.1, -0.05) is 13.0 Å². The van der Waals surface area contributed by atoms with E-state index in [0.29, 0.717) is 17.1 Å². The Labute approximate surface area is 154 Å². The van der Waals surface area contributed by atoms with E-state index in [1.54, 1.807) is 36.5 Å². The molecule has 3 aromatic heterocycles. The highest BCUT2D eigenvalue weighted by Crippen LogP contribution is 2.35. The van der Waals surface area contributed by atoms with Gasteiger partial charge in [-0.2, -0.15) is 0 Å². The Morgan fingerprint density at radius 1 is 1.42 bits per heavy atom. The zero-order valence-corrected chi connectivity index (χ0v) is 15.4. The third kappa shape index (κ3) is 3.03. The van der Waals surface area contributed by atoms with Crippen molar-refractivity contribution < 1.29 is 9.53 Å². The van der Waals surface area contributed by atoms with Gasteiger partial charge in [-0.15, -0.1) is 11.3 Å². The third-order valence-corrected chi connectivity index (χ3v) is 5.87. The Bertz CT molecular complexity index is 1030. The molecule has 0 aliphatic heterocycles. The van der Waals surface area contributed by atoms with Gasteiger partial charge < -0.3 is 9.72 Å². The zero-order valence-electron chi connectivity index (χ0n) is 14.6.